The number of aldehydes is 1. The summed E-state index contributed by atoms with van der Waals surface area (Å²) in [6.45, 7) is 2.32. The van der Waals surface area contributed by atoms with Crippen molar-refractivity contribution in [1.29, 1.82) is 0 Å². The van der Waals surface area contributed by atoms with E-state index in [-0.39, 0.29) is 30.8 Å². The third kappa shape index (κ3) is 2.28. The lowest BCUT2D eigenvalue weighted by molar-refractivity contribution is -0.242. The van der Waals surface area contributed by atoms with Crippen LogP contribution in [-0.2, 0) is 14.3 Å². The van der Waals surface area contributed by atoms with Crippen LogP contribution in [0.4, 0.5) is 0 Å². The summed E-state index contributed by atoms with van der Waals surface area (Å²) in [4.78, 5) is 24.1. The largest absolute Gasteiger partial charge is 0.458 e. The van der Waals surface area contributed by atoms with Gasteiger partial charge in [0, 0.05) is 23.5 Å². The van der Waals surface area contributed by atoms with E-state index in [1.807, 2.05) is 0 Å². The van der Waals surface area contributed by atoms with Gasteiger partial charge in [-0.25, -0.2) is 4.79 Å². The maximum Gasteiger partial charge on any atom is 0.331 e. The van der Waals surface area contributed by atoms with Crippen LogP contribution in [0.2, 0.25) is 0 Å². The predicted molar refractivity (Wildman–Crippen MR) is 104 cm³/mol. The molecule has 6 nitrogen and oxygen atoms in total. The number of rotatable bonds is 2. The lowest BCUT2D eigenvalue weighted by Crippen LogP contribution is -2.68. The number of cyclic esters (lactones) is 1. The summed E-state index contributed by atoms with van der Waals surface area (Å²) in [5.41, 5.74) is -1.75. The quantitative estimate of drug-likeness (QED) is 0.481. The Balaban J connectivity index is 1.52. The maximum atomic E-state index is 12.5. The predicted octanol–water partition coefficient (Wildman–Crippen LogP) is 1.82. The summed E-state index contributed by atoms with van der Waals surface area (Å²) in [7, 11) is 0. The van der Waals surface area contributed by atoms with Crippen molar-refractivity contribution in [1.82, 2.24) is 0 Å². The molecule has 0 saturated heterocycles. The van der Waals surface area contributed by atoms with E-state index in [1.165, 1.54) is 6.08 Å². The van der Waals surface area contributed by atoms with Crippen molar-refractivity contribution in [3.63, 3.8) is 0 Å². The molecule has 0 aromatic heterocycles. The van der Waals surface area contributed by atoms with E-state index < -0.39 is 28.1 Å². The van der Waals surface area contributed by atoms with Crippen molar-refractivity contribution in [3.8, 4) is 0 Å². The Morgan fingerprint density at radius 2 is 1.90 bits per heavy atom. The number of carbonyl (C=O) groups is 2. The molecule has 6 heteroatoms. The van der Waals surface area contributed by atoms with Gasteiger partial charge >= 0.3 is 5.97 Å². The molecule has 0 amide bonds. The van der Waals surface area contributed by atoms with Gasteiger partial charge in [-0.2, -0.15) is 0 Å². The lowest BCUT2D eigenvalue weighted by atomic mass is 9.41. The minimum atomic E-state index is -1.19. The first-order chi connectivity index (χ1) is 13.7. The van der Waals surface area contributed by atoms with Gasteiger partial charge in [0.25, 0.3) is 0 Å². The molecule has 5 aliphatic rings. The Morgan fingerprint density at radius 3 is 2.59 bits per heavy atom. The topological polar surface area (TPSA) is 104 Å². The minimum Gasteiger partial charge on any atom is -0.458 e. The van der Waals surface area contributed by atoms with Crippen LogP contribution in [0.25, 0.3) is 0 Å². The Hall–Kier alpha value is -1.50. The summed E-state index contributed by atoms with van der Waals surface area (Å²) < 4.78 is 5.11. The van der Waals surface area contributed by atoms with Crippen LogP contribution in [0.3, 0.4) is 0 Å². The molecule has 0 aromatic rings. The Kier molecular flexibility index (Phi) is 4.04. The monoisotopic (exact) mass is 402 g/mol. The molecular formula is C23H30O6. The lowest BCUT2D eigenvalue weighted by Gasteiger charge is -2.65. The molecule has 5 rings (SSSR count). The van der Waals surface area contributed by atoms with Crippen LogP contribution < -0.4 is 0 Å². The third-order valence-electron chi connectivity index (χ3n) is 9.30. The van der Waals surface area contributed by atoms with Crippen molar-refractivity contribution in [2.75, 3.05) is 6.61 Å². The van der Waals surface area contributed by atoms with Gasteiger partial charge in [0.2, 0.25) is 0 Å². The second-order valence-corrected chi connectivity index (χ2v) is 10.2. The molecule has 1 aliphatic heterocycles. The van der Waals surface area contributed by atoms with Gasteiger partial charge in [-0.05, 0) is 62.4 Å². The number of hydrogen-bond acceptors (Lipinski definition) is 6. The molecule has 29 heavy (non-hydrogen) atoms. The number of carbonyl (C=O) groups excluding carboxylic acids is 2. The molecule has 4 aliphatic carbocycles. The Morgan fingerprint density at radius 1 is 1.14 bits per heavy atom. The van der Waals surface area contributed by atoms with E-state index in [4.69, 9.17) is 4.74 Å². The molecule has 1 heterocycles. The number of fused-ring (bicyclic) bond motifs is 5. The summed E-state index contributed by atoms with van der Waals surface area (Å²) in [5.74, 6) is -0.543. The summed E-state index contributed by atoms with van der Waals surface area (Å²) in [5, 5.41) is 33.6. The molecule has 7 unspecified atom stereocenters. The molecule has 0 bridgehead atoms. The van der Waals surface area contributed by atoms with E-state index in [1.54, 1.807) is 0 Å². The second-order valence-electron chi connectivity index (χ2n) is 10.2. The zero-order chi connectivity index (χ0) is 20.7. The van der Waals surface area contributed by atoms with E-state index in [9.17, 15) is 24.9 Å². The maximum absolute atomic E-state index is 12.5. The van der Waals surface area contributed by atoms with Crippen LogP contribution in [-0.4, -0.2) is 51.5 Å². The van der Waals surface area contributed by atoms with Crippen LogP contribution in [0, 0.1) is 22.7 Å². The third-order valence-corrected chi connectivity index (χ3v) is 9.30. The van der Waals surface area contributed by atoms with E-state index in [0.29, 0.717) is 38.5 Å². The number of aliphatic hydroxyl groups excluding tert-OH is 1. The smallest absolute Gasteiger partial charge is 0.331 e. The van der Waals surface area contributed by atoms with Crippen molar-refractivity contribution in [3.05, 3.63) is 23.3 Å². The highest BCUT2D eigenvalue weighted by Crippen LogP contribution is 2.69. The van der Waals surface area contributed by atoms with Crippen LogP contribution >= 0.6 is 0 Å². The van der Waals surface area contributed by atoms with E-state index in [2.05, 4.69) is 13.0 Å². The van der Waals surface area contributed by atoms with Crippen LogP contribution in [0.5, 0.6) is 0 Å². The van der Waals surface area contributed by atoms with Crippen molar-refractivity contribution < 1.29 is 29.6 Å². The molecule has 7 atom stereocenters. The van der Waals surface area contributed by atoms with Gasteiger partial charge in [-0.1, -0.05) is 13.0 Å². The zero-order valence-corrected chi connectivity index (χ0v) is 16.9. The van der Waals surface area contributed by atoms with Crippen molar-refractivity contribution in [2.45, 2.75) is 75.6 Å². The number of esters is 1. The fourth-order valence-electron chi connectivity index (χ4n) is 7.74. The molecule has 0 spiro atoms. The standard InChI is InChI=1S/C23H30O6/c1-20-6-3-17-18(4-8-22(27)11-15(25)2-7-21(17,22)13-24)23(20,28)9-5-16(20)14-10-19(26)29-12-14/h5,10,13,15,17-18,25,27-28H,2-4,6-9,11-12H2,1H3. The number of aliphatic hydroxyl groups is 3. The molecule has 158 valence electrons. The zero-order valence-electron chi connectivity index (χ0n) is 16.9. The fraction of sp³-hybridized carbons (Fsp3) is 0.739. The Labute approximate surface area is 170 Å². The highest BCUT2D eigenvalue weighted by Gasteiger charge is 2.70. The van der Waals surface area contributed by atoms with Gasteiger partial charge in [-0.3, -0.25) is 0 Å². The normalized spacial score (nSPS) is 51.3. The molecule has 0 aromatic carbocycles. The van der Waals surface area contributed by atoms with Crippen molar-refractivity contribution >= 4 is 12.3 Å². The van der Waals surface area contributed by atoms with Crippen LogP contribution in [0.1, 0.15) is 58.3 Å². The van der Waals surface area contributed by atoms with Gasteiger partial charge < -0.3 is 24.9 Å². The van der Waals surface area contributed by atoms with Gasteiger partial charge in [0.1, 0.15) is 12.9 Å². The van der Waals surface area contributed by atoms with E-state index in [0.717, 1.165) is 23.9 Å². The number of hydrogen-bond donors (Lipinski definition) is 3. The summed E-state index contributed by atoms with van der Waals surface area (Å²) in [6, 6.07) is 0. The van der Waals surface area contributed by atoms with Gasteiger partial charge in [-0.15, -0.1) is 0 Å². The first-order valence-electron chi connectivity index (χ1n) is 10.9. The average Bonchev–Trinajstić information content (AvgIpc) is 3.21. The van der Waals surface area contributed by atoms with E-state index >= 15 is 0 Å². The Bertz CT molecular complexity index is 831. The van der Waals surface area contributed by atoms with Crippen molar-refractivity contribution in [2.24, 2.45) is 22.7 Å². The highest BCUT2D eigenvalue weighted by atomic mass is 16.5. The molecular weight excluding hydrogens is 372 g/mol. The van der Waals surface area contributed by atoms with Gasteiger partial charge in [0.05, 0.1) is 22.7 Å². The highest BCUT2D eigenvalue weighted by molar-refractivity contribution is 5.86. The van der Waals surface area contributed by atoms with Gasteiger partial charge in [0.15, 0.2) is 0 Å². The molecule has 3 saturated carbocycles. The SMILES string of the molecule is CC12CCC3C(CCC4(O)CC(O)CCC34C=O)C1(O)CC=C2C1=CC(=O)OC1. The fourth-order valence-corrected chi connectivity index (χ4v) is 7.74. The average molecular weight is 402 g/mol. The second kappa shape index (κ2) is 6.02. The van der Waals surface area contributed by atoms with Crippen LogP contribution in [0.15, 0.2) is 23.3 Å². The molecule has 3 fully saturated rings. The first kappa shape index (κ1) is 19.5. The minimum absolute atomic E-state index is 0.102. The number of ether oxygens (including phenoxy) is 1. The summed E-state index contributed by atoms with van der Waals surface area (Å²) in [6.07, 6.45) is 8.13. The first-order valence-corrected chi connectivity index (χ1v) is 10.9. The summed E-state index contributed by atoms with van der Waals surface area (Å²) >= 11 is 0. The molecule has 3 N–H and O–H groups in total. The molecule has 0 radical (unpaired) electrons.